The second-order valence-corrected chi connectivity index (χ2v) is 7.12. The van der Waals surface area contributed by atoms with E-state index in [2.05, 4.69) is 15.0 Å². The Morgan fingerprint density at radius 3 is 2.67 bits per heavy atom. The van der Waals surface area contributed by atoms with E-state index in [0.29, 0.717) is 24.4 Å². The highest BCUT2D eigenvalue weighted by atomic mass is 19.4. The van der Waals surface area contributed by atoms with Gasteiger partial charge in [0.05, 0.1) is 17.8 Å². The van der Waals surface area contributed by atoms with E-state index in [-0.39, 0.29) is 17.4 Å². The predicted octanol–water partition coefficient (Wildman–Crippen LogP) is 3.30. The molecule has 6 nitrogen and oxygen atoms in total. The van der Waals surface area contributed by atoms with Gasteiger partial charge in [-0.15, -0.1) is 0 Å². The molecule has 1 amide bonds. The number of rotatable bonds is 3. The van der Waals surface area contributed by atoms with E-state index in [1.165, 1.54) is 12.1 Å². The van der Waals surface area contributed by atoms with Gasteiger partial charge in [-0.2, -0.15) is 18.2 Å². The number of alkyl halides is 3. The third-order valence-corrected chi connectivity index (χ3v) is 5.45. The standard InChI is InChI=1S/C18H19F3N4O2/c1-17-8-7-15(26)25(17)10-2-9-24(17)11-14-22-16(23-27-14)12-3-5-13(6-4-12)18(19,20)21/h3-6H,2,7-11H2,1H3/t17-/m1/s1. The third kappa shape index (κ3) is 3.20. The number of nitrogens with zero attached hydrogens (tertiary/aromatic N) is 4. The smallest absolute Gasteiger partial charge is 0.338 e. The van der Waals surface area contributed by atoms with Crippen LogP contribution in [0.2, 0.25) is 0 Å². The molecule has 1 aromatic carbocycles. The van der Waals surface area contributed by atoms with Crippen LogP contribution < -0.4 is 0 Å². The van der Waals surface area contributed by atoms with Gasteiger partial charge in [0.25, 0.3) is 0 Å². The quantitative estimate of drug-likeness (QED) is 0.818. The van der Waals surface area contributed by atoms with Crippen LogP contribution >= 0.6 is 0 Å². The predicted molar refractivity (Wildman–Crippen MR) is 89.1 cm³/mol. The molecular weight excluding hydrogens is 361 g/mol. The first kappa shape index (κ1) is 18.0. The Kier molecular flexibility index (Phi) is 4.21. The van der Waals surface area contributed by atoms with Crippen LogP contribution in [0.4, 0.5) is 13.2 Å². The molecule has 2 aliphatic rings. The summed E-state index contributed by atoms with van der Waals surface area (Å²) in [6.45, 7) is 4.02. The minimum Gasteiger partial charge on any atom is -0.338 e. The molecule has 0 N–H and O–H groups in total. The van der Waals surface area contributed by atoms with Gasteiger partial charge in [0, 0.05) is 25.1 Å². The summed E-state index contributed by atoms with van der Waals surface area (Å²) in [5.41, 5.74) is -0.610. The average Bonchev–Trinajstić information content (AvgIpc) is 3.21. The molecule has 1 aromatic heterocycles. The van der Waals surface area contributed by atoms with Crippen LogP contribution in [0.1, 0.15) is 37.6 Å². The summed E-state index contributed by atoms with van der Waals surface area (Å²) in [6.07, 6.45) is -2.21. The van der Waals surface area contributed by atoms with Crippen LogP contribution in [0.3, 0.4) is 0 Å². The fourth-order valence-corrected chi connectivity index (χ4v) is 3.89. The molecule has 2 aliphatic heterocycles. The molecule has 2 aromatic rings. The molecule has 0 aliphatic carbocycles. The van der Waals surface area contributed by atoms with E-state index in [0.717, 1.165) is 38.1 Å². The largest absolute Gasteiger partial charge is 0.416 e. The maximum Gasteiger partial charge on any atom is 0.416 e. The topological polar surface area (TPSA) is 62.5 Å². The van der Waals surface area contributed by atoms with E-state index < -0.39 is 11.7 Å². The highest BCUT2D eigenvalue weighted by Crippen LogP contribution is 2.37. The second-order valence-electron chi connectivity index (χ2n) is 7.12. The van der Waals surface area contributed by atoms with E-state index in [1.807, 2.05) is 11.8 Å². The zero-order valence-corrected chi connectivity index (χ0v) is 14.8. The maximum atomic E-state index is 12.7. The molecule has 2 saturated heterocycles. The first-order valence-electron chi connectivity index (χ1n) is 8.83. The van der Waals surface area contributed by atoms with Crippen molar-refractivity contribution in [3.05, 3.63) is 35.7 Å². The molecule has 0 unspecified atom stereocenters. The minimum absolute atomic E-state index is 0.165. The summed E-state index contributed by atoms with van der Waals surface area (Å²) in [6, 6.07) is 4.66. The lowest BCUT2D eigenvalue weighted by atomic mass is 10.0. The summed E-state index contributed by atoms with van der Waals surface area (Å²) in [4.78, 5) is 20.5. The van der Waals surface area contributed by atoms with Gasteiger partial charge < -0.3 is 9.42 Å². The molecule has 0 saturated carbocycles. The Balaban J connectivity index is 1.51. The molecule has 9 heteroatoms. The Morgan fingerprint density at radius 1 is 1.22 bits per heavy atom. The van der Waals surface area contributed by atoms with Crippen LogP contribution in [-0.2, 0) is 17.5 Å². The zero-order valence-electron chi connectivity index (χ0n) is 14.8. The van der Waals surface area contributed by atoms with Crippen molar-refractivity contribution in [3.8, 4) is 11.4 Å². The van der Waals surface area contributed by atoms with Crippen molar-refractivity contribution < 1.29 is 22.5 Å². The van der Waals surface area contributed by atoms with Crippen molar-refractivity contribution in [2.45, 2.75) is 44.6 Å². The van der Waals surface area contributed by atoms with E-state index >= 15 is 0 Å². The Bertz CT molecular complexity index is 849. The second kappa shape index (κ2) is 6.33. The molecule has 144 valence electrons. The van der Waals surface area contributed by atoms with Crippen molar-refractivity contribution in [3.63, 3.8) is 0 Å². The van der Waals surface area contributed by atoms with Gasteiger partial charge in [0.2, 0.25) is 17.6 Å². The number of aromatic nitrogens is 2. The van der Waals surface area contributed by atoms with Gasteiger partial charge in [-0.1, -0.05) is 17.3 Å². The zero-order chi connectivity index (χ0) is 19.2. The van der Waals surface area contributed by atoms with Crippen LogP contribution in [-0.4, -0.2) is 44.6 Å². The summed E-state index contributed by atoms with van der Waals surface area (Å²) >= 11 is 0. The number of carbonyl (C=O) groups excluding carboxylic acids is 1. The molecule has 27 heavy (non-hydrogen) atoms. The van der Waals surface area contributed by atoms with E-state index in [4.69, 9.17) is 4.52 Å². The van der Waals surface area contributed by atoms with Gasteiger partial charge >= 0.3 is 6.18 Å². The van der Waals surface area contributed by atoms with E-state index in [9.17, 15) is 18.0 Å². The van der Waals surface area contributed by atoms with Gasteiger partial charge in [-0.25, -0.2) is 0 Å². The minimum atomic E-state index is -4.38. The van der Waals surface area contributed by atoms with Crippen molar-refractivity contribution in [2.24, 2.45) is 0 Å². The van der Waals surface area contributed by atoms with E-state index in [1.54, 1.807) is 0 Å². The average molecular weight is 380 g/mol. The lowest BCUT2D eigenvalue weighted by molar-refractivity contribution is -0.142. The fourth-order valence-electron chi connectivity index (χ4n) is 3.89. The lowest BCUT2D eigenvalue weighted by Crippen LogP contribution is -2.60. The summed E-state index contributed by atoms with van der Waals surface area (Å²) < 4.78 is 43.3. The Morgan fingerprint density at radius 2 is 1.96 bits per heavy atom. The number of carbonyl (C=O) groups is 1. The molecule has 0 spiro atoms. The highest BCUT2D eigenvalue weighted by molar-refractivity contribution is 5.79. The number of amides is 1. The van der Waals surface area contributed by atoms with Gasteiger partial charge in [0.1, 0.15) is 0 Å². The van der Waals surface area contributed by atoms with Crippen molar-refractivity contribution in [1.29, 1.82) is 0 Å². The van der Waals surface area contributed by atoms with Crippen LogP contribution in [0, 0.1) is 0 Å². The normalized spacial score (nSPS) is 23.7. The first-order valence-corrected chi connectivity index (χ1v) is 8.83. The lowest BCUT2D eigenvalue weighted by Gasteiger charge is -2.48. The van der Waals surface area contributed by atoms with Crippen molar-refractivity contribution in [2.75, 3.05) is 13.1 Å². The number of hydrogen-bond acceptors (Lipinski definition) is 5. The Hall–Kier alpha value is -2.42. The summed E-state index contributed by atoms with van der Waals surface area (Å²) in [5, 5.41) is 3.89. The van der Waals surface area contributed by atoms with Gasteiger partial charge in [-0.3, -0.25) is 9.69 Å². The third-order valence-electron chi connectivity index (χ3n) is 5.45. The monoisotopic (exact) mass is 380 g/mol. The molecule has 1 atom stereocenters. The number of benzene rings is 1. The summed E-state index contributed by atoms with van der Waals surface area (Å²) in [7, 11) is 0. The number of hydrogen-bond donors (Lipinski definition) is 0. The molecular formula is C18H19F3N4O2. The molecule has 0 radical (unpaired) electrons. The SMILES string of the molecule is C[C@]12CCC(=O)N1CCCN2Cc1nc(-c2ccc(C(F)(F)F)cc2)no1. The fraction of sp³-hybridized carbons (Fsp3) is 0.500. The highest BCUT2D eigenvalue weighted by Gasteiger charge is 2.48. The van der Waals surface area contributed by atoms with Gasteiger partial charge in [-0.05, 0) is 31.9 Å². The van der Waals surface area contributed by atoms with Crippen molar-refractivity contribution in [1.82, 2.24) is 19.9 Å². The Labute approximate surface area is 153 Å². The van der Waals surface area contributed by atoms with Crippen molar-refractivity contribution >= 4 is 5.91 Å². The summed E-state index contributed by atoms with van der Waals surface area (Å²) in [5.74, 6) is 0.797. The van der Waals surface area contributed by atoms with Gasteiger partial charge in [0.15, 0.2) is 0 Å². The number of halogens is 3. The maximum absolute atomic E-state index is 12.7. The molecule has 0 bridgehead atoms. The van der Waals surface area contributed by atoms with Crippen LogP contribution in [0.15, 0.2) is 28.8 Å². The number of fused-ring (bicyclic) bond motifs is 1. The van der Waals surface area contributed by atoms with Crippen LogP contribution in [0.5, 0.6) is 0 Å². The molecule has 2 fully saturated rings. The molecule has 4 rings (SSSR count). The van der Waals surface area contributed by atoms with Crippen LogP contribution in [0.25, 0.3) is 11.4 Å². The first-order chi connectivity index (χ1) is 12.8. The molecule has 3 heterocycles.